The van der Waals surface area contributed by atoms with E-state index in [0.29, 0.717) is 0 Å². The number of rotatable bonds is 4. The van der Waals surface area contributed by atoms with Gasteiger partial charge in [-0.15, -0.1) is 0 Å². The quantitative estimate of drug-likeness (QED) is 0.358. The van der Waals surface area contributed by atoms with E-state index < -0.39 is 0 Å². The molecule has 1 aromatic rings. The van der Waals surface area contributed by atoms with Crippen LogP contribution in [0.25, 0.3) is 0 Å². The van der Waals surface area contributed by atoms with E-state index in [1.54, 1.807) is 0 Å². The molecule has 156 valence electrons. The summed E-state index contributed by atoms with van der Waals surface area (Å²) in [5, 5.41) is 0. The molecule has 29 heavy (non-hydrogen) atoms. The fourth-order valence-corrected chi connectivity index (χ4v) is 3.32. The number of hydrogen-bond donors (Lipinski definition) is 0. The Balaban J connectivity index is 0.000000941. The summed E-state index contributed by atoms with van der Waals surface area (Å²) >= 11 is 0.194. The summed E-state index contributed by atoms with van der Waals surface area (Å²) in [5.74, 6) is 0. The Morgan fingerprint density at radius 3 is 1.62 bits per heavy atom. The molecule has 6 heteroatoms. The molecule has 2 aliphatic carbocycles. The Morgan fingerprint density at radius 1 is 0.862 bits per heavy atom. The molecule has 0 N–H and O–H groups in total. The molecule has 3 nitrogen and oxygen atoms in total. The van der Waals surface area contributed by atoms with Crippen LogP contribution < -0.4 is 0 Å². The second kappa shape index (κ2) is 11.1. The summed E-state index contributed by atoms with van der Waals surface area (Å²) in [4.78, 5) is 14.7. The van der Waals surface area contributed by atoms with Gasteiger partial charge >= 0.3 is 33.3 Å². The fraction of sp³-hybridized carbons (Fsp3) is 0.348. The van der Waals surface area contributed by atoms with Crippen molar-refractivity contribution in [2.24, 2.45) is 9.98 Å². The van der Waals surface area contributed by atoms with Crippen LogP contribution in [-0.2, 0) is 13.1 Å². The van der Waals surface area contributed by atoms with Crippen LogP contribution in [0.4, 0.5) is 0 Å². The van der Waals surface area contributed by atoms with E-state index in [1.165, 1.54) is 0 Å². The predicted molar refractivity (Wildman–Crippen MR) is 123 cm³/mol. The van der Waals surface area contributed by atoms with E-state index in [9.17, 15) is 0 Å². The van der Waals surface area contributed by atoms with Crippen LogP contribution in [0, 0.1) is 0 Å². The van der Waals surface area contributed by atoms with Crippen molar-refractivity contribution >= 4 is 31.6 Å². The van der Waals surface area contributed by atoms with Crippen LogP contribution in [-0.4, -0.2) is 27.5 Å². The van der Waals surface area contributed by atoms with E-state index in [-0.39, 0.29) is 24.2 Å². The number of pyridine rings is 1. The van der Waals surface area contributed by atoms with Crippen LogP contribution in [0.2, 0.25) is 0 Å². The standard InChI is InChI=1S/C23H27N3.2ClH.Fe/c1-18(25-22(3)14-7-5-8-15-22)20-12-11-13-21(24-20)19(2)26-23(4)16-9-6-10-17-23;;;/h5-14,16H,15,17H2,1-4H3;2*1H;/q;;;+2/p-2. The third-order valence-electron chi connectivity index (χ3n) is 4.80. The predicted octanol–water partition coefficient (Wildman–Crippen LogP) is 6.63. The average molecular weight is 472 g/mol. The zero-order valence-corrected chi connectivity index (χ0v) is 19.8. The summed E-state index contributed by atoms with van der Waals surface area (Å²) < 4.78 is 0. The third kappa shape index (κ3) is 7.38. The molecule has 1 heterocycles. The molecule has 0 spiro atoms. The van der Waals surface area contributed by atoms with Gasteiger partial charge < -0.3 is 0 Å². The second-order valence-electron chi connectivity index (χ2n) is 7.55. The molecule has 1 aromatic heterocycles. The summed E-state index contributed by atoms with van der Waals surface area (Å²) in [6, 6.07) is 6.08. The van der Waals surface area contributed by atoms with Gasteiger partial charge in [0, 0.05) is 0 Å². The molecular formula is C23H27Cl2FeN3. The Kier molecular flexibility index (Phi) is 9.10. The molecule has 0 saturated carbocycles. The molecule has 0 aromatic carbocycles. The van der Waals surface area contributed by atoms with Crippen LogP contribution in [0.1, 0.15) is 51.9 Å². The van der Waals surface area contributed by atoms with E-state index >= 15 is 0 Å². The van der Waals surface area contributed by atoms with Crippen molar-refractivity contribution in [1.82, 2.24) is 4.98 Å². The number of aromatic nitrogens is 1. The molecule has 0 saturated heterocycles. The maximum absolute atomic E-state index is 4.92. The summed E-state index contributed by atoms with van der Waals surface area (Å²) in [7, 11) is 9.53. The van der Waals surface area contributed by atoms with E-state index in [0.717, 1.165) is 35.7 Å². The van der Waals surface area contributed by atoms with Crippen molar-refractivity contribution in [3.05, 3.63) is 78.2 Å². The molecule has 0 radical (unpaired) electrons. The van der Waals surface area contributed by atoms with Crippen molar-refractivity contribution in [2.75, 3.05) is 0 Å². The number of hydrogen-bond acceptors (Lipinski definition) is 3. The molecule has 2 atom stereocenters. The van der Waals surface area contributed by atoms with Gasteiger partial charge in [0.2, 0.25) is 0 Å². The number of nitrogens with zero attached hydrogens (tertiary/aromatic N) is 3. The van der Waals surface area contributed by atoms with Gasteiger partial charge in [-0.1, -0.05) is 54.7 Å². The summed E-state index contributed by atoms with van der Waals surface area (Å²) in [6.45, 7) is 8.37. The normalized spacial score (nSPS) is 26.4. The maximum atomic E-state index is 4.92. The SMILES string of the molecule is CC(=NC1(C)C=CC=CC1)c1cccc(C(C)=NC2(C)C=CC=CC2)n1.[Cl][Fe][Cl]. The van der Waals surface area contributed by atoms with E-state index in [2.05, 4.69) is 62.5 Å². The monoisotopic (exact) mass is 471 g/mol. The van der Waals surface area contributed by atoms with Gasteiger partial charge in [-0.05, 0) is 52.7 Å². The van der Waals surface area contributed by atoms with Gasteiger partial charge in [0.25, 0.3) is 0 Å². The van der Waals surface area contributed by atoms with Gasteiger partial charge in [-0.3, -0.25) is 9.98 Å². The molecule has 0 aliphatic heterocycles. The van der Waals surface area contributed by atoms with Crippen molar-refractivity contribution in [2.45, 2.75) is 51.6 Å². The zero-order valence-electron chi connectivity index (χ0n) is 17.2. The van der Waals surface area contributed by atoms with Crippen LogP contribution >= 0.6 is 20.2 Å². The first kappa shape index (κ1) is 23.8. The minimum absolute atomic E-state index is 0.188. The first-order chi connectivity index (χ1) is 13.8. The van der Waals surface area contributed by atoms with Crippen LogP contribution in [0.15, 0.2) is 76.8 Å². The van der Waals surface area contributed by atoms with Crippen LogP contribution in [0.5, 0.6) is 0 Å². The van der Waals surface area contributed by atoms with E-state index in [4.69, 9.17) is 35.2 Å². The Labute approximate surface area is 189 Å². The minimum atomic E-state index is -0.188. The Hall–Kier alpha value is -1.45. The second-order valence-corrected chi connectivity index (χ2v) is 9.37. The Morgan fingerprint density at radius 2 is 1.28 bits per heavy atom. The van der Waals surface area contributed by atoms with Gasteiger partial charge in [-0.25, -0.2) is 4.98 Å². The molecule has 3 rings (SSSR count). The molecule has 0 fully saturated rings. The molecule has 0 amide bonds. The van der Waals surface area contributed by atoms with Gasteiger partial charge in [0.15, 0.2) is 0 Å². The van der Waals surface area contributed by atoms with Crippen molar-refractivity contribution in [3.63, 3.8) is 0 Å². The van der Waals surface area contributed by atoms with Crippen molar-refractivity contribution in [1.29, 1.82) is 0 Å². The number of halogens is 2. The first-order valence-corrected chi connectivity index (χ1v) is 12.5. The van der Waals surface area contributed by atoms with Crippen LogP contribution in [0.3, 0.4) is 0 Å². The molecule has 2 unspecified atom stereocenters. The average Bonchev–Trinajstić information content (AvgIpc) is 2.69. The number of aliphatic imine (C=N–C) groups is 2. The zero-order chi connectivity index (χ0) is 21.3. The third-order valence-corrected chi connectivity index (χ3v) is 4.80. The van der Waals surface area contributed by atoms with Gasteiger partial charge in [0.1, 0.15) is 0 Å². The Bertz CT molecular complexity index is 819. The fourth-order valence-electron chi connectivity index (χ4n) is 3.32. The molecule has 0 bridgehead atoms. The molecular weight excluding hydrogens is 445 g/mol. The van der Waals surface area contributed by atoms with Crippen molar-refractivity contribution in [3.8, 4) is 0 Å². The van der Waals surface area contributed by atoms with Gasteiger partial charge in [-0.2, -0.15) is 0 Å². The van der Waals surface area contributed by atoms with Gasteiger partial charge in [0.05, 0.1) is 33.9 Å². The number of allylic oxidation sites excluding steroid dienone is 4. The molecule has 2 aliphatic rings. The first-order valence-electron chi connectivity index (χ1n) is 9.45. The van der Waals surface area contributed by atoms with E-state index in [1.807, 2.05) is 32.0 Å². The summed E-state index contributed by atoms with van der Waals surface area (Å²) in [5.41, 5.74) is 3.34. The topological polar surface area (TPSA) is 37.6 Å². The van der Waals surface area contributed by atoms with Crippen molar-refractivity contribution < 1.29 is 13.1 Å². The summed E-state index contributed by atoms with van der Waals surface area (Å²) in [6.07, 6.45) is 18.7.